The number of benzene rings is 1. The number of carbonyl (C=O) groups excluding carboxylic acids is 3. The van der Waals surface area contributed by atoms with Crippen molar-refractivity contribution < 1.29 is 34.2 Å². The molecule has 0 saturated carbocycles. The lowest BCUT2D eigenvalue weighted by Gasteiger charge is -2.25. The summed E-state index contributed by atoms with van der Waals surface area (Å²) in [7, 11) is 0. The molecule has 0 aliphatic rings. The molecular weight excluding hydrogens is 552 g/mol. The molecule has 3 amide bonds. The van der Waals surface area contributed by atoms with Gasteiger partial charge in [0.2, 0.25) is 17.7 Å². The zero-order valence-electron chi connectivity index (χ0n) is 23.1. The van der Waals surface area contributed by atoms with Gasteiger partial charge < -0.3 is 42.6 Å². The van der Waals surface area contributed by atoms with Gasteiger partial charge in [-0.25, -0.2) is 4.79 Å². The third-order valence-electron chi connectivity index (χ3n) is 6.54. The van der Waals surface area contributed by atoms with Crippen LogP contribution in [0.4, 0.5) is 0 Å². The molecule has 0 saturated heterocycles. The zero-order valence-corrected chi connectivity index (χ0v) is 23.9. The second-order valence-electron chi connectivity index (χ2n) is 9.69. The highest BCUT2D eigenvalue weighted by Gasteiger charge is 2.30. The first-order chi connectivity index (χ1) is 19.6. The van der Waals surface area contributed by atoms with Crippen LogP contribution in [0.15, 0.2) is 30.5 Å². The van der Waals surface area contributed by atoms with Crippen molar-refractivity contribution in [2.24, 2.45) is 11.5 Å². The first-order valence-corrected chi connectivity index (χ1v) is 14.8. The Kier molecular flexibility index (Phi) is 14.1. The fourth-order valence-corrected chi connectivity index (χ4v) is 4.72. The van der Waals surface area contributed by atoms with Crippen LogP contribution in [0.3, 0.4) is 0 Å². The molecule has 0 spiro atoms. The average molecular weight is 593 g/mol. The summed E-state index contributed by atoms with van der Waals surface area (Å²) >= 11 is 1.45. The molecule has 1 heterocycles. The van der Waals surface area contributed by atoms with Crippen LogP contribution in [0.25, 0.3) is 10.9 Å². The van der Waals surface area contributed by atoms with E-state index in [2.05, 4.69) is 20.9 Å². The highest BCUT2D eigenvalue weighted by molar-refractivity contribution is 7.98. The normalized spacial score (nSPS) is 14.0. The van der Waals surface area contributed by atoms with Gasteiger partial charge in [-0.3, -0.25) is 19.2 Å². The Morgan fingerprint density at radius 1 is 0.902 bits per heavy atom. The third-order valence-corrected chi connectivity index (χ3v) is 7.18. The molecule has 10 N–H and O–H groups in total. The monoisotopic (exact) mass is 592 g/mol. The number of hydrogen-bond donors (Lipinski definition) is 8. The summed E-state index contributed by atoms with van der Waals surface area (Å²) < 4.78 is 0. The number of carboxylic acids is 2. The number of carbonyl (C=O) groups is 5. The van der Waals surface area contributed by atoms with Crippen LogP contribution < -0.4 is 27.4 Å². The lowest BCUT2D eigenvalue weighted by molar-refractivity contribution is -0.143. The summed E-state index contributed by atoms with van der Waals surface area (Å²) in [5, 5.41) is 27.1. The molecule has 4 atom stereocenters. The first-order valence-electron chi connectivity index (χ1n) is 13.4. The maximum Gasteiger partial charge on any atom is 0.326 e. The van der Waals surface area contributed by atoms with Crippen LogP contribution in [-0.2, 0) is 30.4 Å². The van der Waals surface area contributed by atoms with E-state index in [0.29, 0.717) is 25.1 Å². The number of nitrogens with two attached hydrogens (primary N) is 2. The molecule has 0 aliphatic heterocycles. The van der Waals surface area contributed by atoms with Gasteiger partial charge in [-0.05, 0) is 68.7 Å². The minimum absolute atomic E-state index is 0.124. The SMILES string of the molecule is CSCCC(NC(=O)C(N)Cc1c[nH]c2ccccc12)C(=O)NC(CCC(=O)O)C(=O)NC(CCCCN)C(=O)O. The molecule has 0 aliphatic carbocycles. The predicted molar refractivity (Wildman–Crippen MR) is 156 cm³/mol. The summed E-state index contributed by atoms with van der Waals surface area (Å²) in [4.78, 5) is 65.2. The highest BCUT2D eigenvalue weighted by atomic mass is 32.2. The second-order valence-corrected chi connectivity index (χ2v) is 10.7. The molecule has 41 heavy (non-hydrogen) atoms. The fraction of sp³-hybridized carbons (Fsp3) is 0.519. The van der Waals surface area contributed by atoms with Crippen LogP contribution in [0.5, 0.6) is 0 Å². The Morgan fingerprint density at radius 3 is 2.17 bits per heavy atom. The van der Waals surface area contributed by atoms with Crippen LogP contribution in [0, 0.1) is 0 Å². The average Bonchev–Trinajstić information content (AvgIpc) is 3.34. The molecule has 14 heteroatoms. The van der Waals surface area contributed by atoms with E-state index in [0.717, 1.165) is 16.5 Å². The van der Waals surface area contributed by atoms with Crippen molar-refractivity contribution in [1.29, 1.82) is 0 Å². The highest BCUT2D eigenvalue weighted by Crippen LogP contribution is 2.19. The molecule has 226 valence electrons. The van der Waals surface area contributed by atoms with Crippen LogP contribution in [0.2, 0.25) is 0 Å². The number of nitrogens with one attached hydrogen (secondary N) is 4. The Morgan fingerprint density at radius 2 is 1.54 bits per heavy atom. The van der Waals surface area contributed by atoms with E-state index in [9.17, 15) is 29.1 Å². The number of aliphatic carboxylic acids is 2. The number of para-hydroxylation sites is 1. The van der Waals surface area contributed by atoms with E-state index in [1.165, 1.54) is 11.8 Å². The molecule has 1 aromatic heterocycles. The van der Waals surface area contributed by atoms with Gasteiger partial charge in [0.05, 0.1) is 6.04 Å². The van der Waals surface area contributed by atoms with Gasteiger partial charge in [-0.1, -0.05) is 18.2 Å². The number of fused-ring (bicyclic) bond motifs is 1. The molecule has 1 aromatic carbocycles. The van der Waals surface area contributed by atoms with E-state index < -0.39 is 60.2 Å². The van der Waals surface area contributed by atoms with E-state index >= 15 is 0 Å². The standard InChI is InChI=1S/C27H40N6O7S/c1-41-13-11-21(31-24(36)18(29)14-16-15-30-19-7-3-2-6-17(16)19)26(38)32-20(9-10-23(34)35)25(37)33-22(27(39)40)8-4-5-12-28/h2-3,6-7,15,18,20-22,30H,4-5,8-14,28-29H2,1H3,(H,31,36)(H,32,38)(H,33,37)(H,34,35)(H,39,40). The molecule has 2 rings (SSSR count). The molecule has 0 fully saturated rings. The van der Waals surface area contributed by atoms with Gasteiger partial charge in [-0.15, -0.1) is 0 Å². The number of unbranched alkanes of at least 4 members (excludes halogenated alkanes) is 1. The second kappa shape index (κ2) is 17.3. The smallest absolute Gasteiger partial charge is 0.326 e. The molecule has 0 radical (unpaired) electrons. The van der Waals surface area contributed by atoms with Crippen molar-refractivity contribution in [2.45, 2.75) is 69.1 Å². The first kappa shape index (κ1) is 33.6. The summed E-state index contributed by atoms with van der Waals surface area (Å²) in [6.45, 7) is 0.367. The van der Waals surface area contributed by atoms with Crippen molar-refractivity contribution >= 4 is 52.3 Å². The molecular formula is C27H40N6O7S. The Labute approximate surface area is 242 Å². The lowest BCUT2D eigenvalue weighted by atomic mass is 10.0. The minimum atomic E-state index is -1.33. The van der Waals surface area contributed by atoms with E-state index in [1.54, 1.807) is 6.20 Å². The van der Waals surface area contributed by atoms with Crippen molar-refractivity contribution in [2.75, 3.05) is 18.6 Å². The summed E-state index contributed by atoms with van der Waals surface area (Å²) in [5.41, 5.74) is 13.4. The van der Waals surface area contributed by atoms with Gasteiger partial charge in [-0.2, -0.15) is 11.8 Å². The van der Waals surface area contributed by atoms with Crippen molar-refractivity contribution in [3.63, 3.8) is 0 Å². The minimum Gasteiger partial charge on any atom is -0.481 e. The lowest BCUT2D eigenvalue weighted by Crippen LogP contribution is -2.57. The van der Waals surface area contributed by atoms with E-state index in [4.69, 9.17) is 16.6 Å². The fourth-order valence-electron chi connectivity index (χ4n) is 4.24. The molecule has 0 bridgehead atoms. The van der Waals surface area contributed by atoms with E-state index in [1.807, 2.05) is 30.5 Å². The number of aromatic nitrogens is 1. The number of thioether (sulfide) groups is 1. The Balaban J connectivity index is 2.12. The maximum atomic E-state index is 13.3. The molecule has 13 nitrogen and oxygen atoms in total. The van der Waals surface area contributed by atoms with Gasteiger partial charge in [0.15, 0.2) is 0 Å². The van der Waals surface area contributed by atoms with Crippen LogP contribution in [-0.4, -0.2) is 87.6 Å². The summed E-state index contributed by atoms with van der Waals surface area (Å²) in [6.07, 6.45) is 4.49. The number of rotatable bonds is 19. The van der Waals surface area contributed by atoms with Crippen LogP contribution in [0.1, 0.15) is 44.1 Å². The van der Waals surface area contributed by atoms with Crippen molar-refractivity contribution in [3.8, 4) is 0 Å². The Bertz CT molecular complexity index is 1190. The number of amides is 3. The quantitative estimate of drug-likeness (QED) is 0.104. The maximum absolute atomic E-state index is 13.3. The van der Waals surface area contributed by atoms with E-state index in [-0.39, 0.29) is 25.7 Å². The number of carboxylic acid groups (broad SMARTS) is 2. The predicted octanol–water partition coefficient (Wildman–Crippen LogP) is 0.324. The third kappa shape index (κ3) is 11.1. The number of H-pyrrole nitrogens is 1. The topological polar surface area (TPSA) is 230 Å². The summed E-state index contributed by atoms with van der Waals surface area (Å²) in [6, 6.07) is 3.01. The van der Waals surface area contributed by atoms with Gasteiger partial charge in [0, 0.05) is 23.5 Å². The molecule has 2 aromatic rings. The largest absolute Gasteiger partial charge is 0.481 e. The number of hydrogen-bond acceptors (Lipinski definition) is 8. The van der Waals surface area contributed by atoms with Crippen LogP contribution >= 0.6 is 11.8 Å². The summed E-state index contributed by atoms with van der Waals surface area (Å²) in [5.74, 6) is -4.03. The van der Waals surface area contributed by atoms with Gasteiger partial charge >= 0.3 is 11.9 Å². The molecule has 4 unspecified atom stereocenters. The van der Waals surface area contributed by atoms with Gasteiger partial charge in [0.1, 0.15) is 18.1 Å². The van der Waals surface area contributed by atoms with Crippen molar-refractivity contribution in [3.05, 3.63) is 36.0 Å². The Hall–Kier alpha value is -3.62. The zero-order chi connectivity index (χ0) is 30.4. The van der Waals surface area contributed by atoms with Gasteiger partial charge in [0.25, 0.3) is 0 Å². The number of aromatic amines is 1. The van der Waals surface area contributed by atoms with Crippen molar-refractivity contribution in [1.82, 2.24) is 20.9 Å².